The molecule has 122 valence electrons. The Bertz CT molecular complexity index is 486. The summed E-state index contributed by atoms with van der Waals surface area (Å²) in [5, 5.41) is 2.79. The van der Waals surface area contributed by atoms with Gasteiger partial charge in [0, 0.05) is 20.0 Å². The molecule has 0 spiro atoms. The van der Waals surface area contributed by atoms with Crippen molar-refractivity contribution in [2.75, 3.05) is 19.6 Å². The van der Waals surface area contributed by atoms with E-state index in [0.717, 1.165) is 12.0 Å². The van der Waals surface area contributed by atoms with Crippen LogP contribution in [0.4, 0.5) is 4.39 Å². The molecule has 5 heteroatoms. The van der Waals surface area contributed by atoms with Crippen LogP contribution in [0.15, 0.2) is 24.3 Å². The highest BCUT2D eigenvalue weighted by Gasteiger charge is 2.13. The van der Waals surface area contributed by atoms with Crippen LogP contribution in [0, 0.1) is 11.7 Å². The zero-order valence-electron chi connectivity index (χ0n) is 13.6. The van der Waals surface area contributed by atoms with Gasteiger partial charge in [-0.15, -0.1) is 0 Å². The lowest BCUT2D eigenvalue weighted by atomic mass is 10.1. The van der Waals surface area contributed by atoms with E-state index >= 15 is 0 Å². The van der Waals surface area contributed by atoms with Crippen molar-refractivity contribution >= 4 is 11.8 Å². The fourth-order valence-corrected chi connectivity index (χ4v) is 1.99. The Morgan fingerprint density at radius 1 is 1.23 bits per heavy atom. The van der Waals surface area contributed by atoms with Gasteiger partial charge in [-0.1, -0.05) is 26.0 Å². The maximum atomic E-state index is 12.8. The lowest BCUT2D eigenvalue weighted by Crippen LogP contribution is -2.41. The number of amides is 2. The smallest absolute Gasteiger partial charge is 0.239 e. The molecular weight excluding hydrogens is 283 g/mol. The minimum absolute atomic E-state index is 0.0886. The predicted molar refractivity (Wildman–Crippen MR) is 84.8 cm³/mol. The van der Waals surface area contributed by atoms with Crippen molar-refractivity contribution in [3.8, 4) is 0 Å². The van der Waals surface area contributed by atoms with Crippen LogP contribution in [-0.2, 0) is 16.0 Å². The third-order valence-electron chi connectivity index (χ3n) is 3.41. The highest BCUT2D eigenvalue weighted by atomic mass is 19.1. The number of carbonyl (C=O) groups excluding carboxylic acids is 2. The summed E-state index contributed by atoms with van der Waals surface area (Å²) >= 11 is 0. The summed E-state index contributed by atoms with van der Waals surface area (Å²) < 4.78 is 12.8. The van der Waals surface area contributed by atoms with Gasteiger partial charge in [0.25, 0.3) is 0 Å². The number of hydrogen-bond donors (Lipinski definition) is 1. The summed E-state index contributed by atoms with van der Waals surface area (Å²) in [6.07, 6.45) is 1.51. The Morgan fingerprint density at radius 3 is 2.41 bits per heavy atom. The van der Waals surface area contributed by atoms with Gasteiger partial charge in [0.05, 0.1) is 6.54 Å². The van der Waals surface area contributed by atoms with Crippen molar-refractivity contribution in [3.63, 3.8) is 0 Å². The normalized spacial score (nSPS) is 10.6. The highest BCUT2D eigenvalue weighted by Crippen LogP contribution is 2.04. The molecule has 1 rings (SSSR count). The molecule has 0 atom stereocenters. The van der Waals surface area contributed by atoms with Gasteiger partial charge in [-0.05, 0) is 36.5 Å². The number of rotatable bonds is 8. The van der Waals surface area contributed by atoms with E-state index in [1.165, 1.54) is 19.1 Å². The third-order valence-corrected chi connectivity index (χ3v) is 3.41. The average molecular weight is 308 g/mol. The number of nitrogens with one attached hydrogen (secondary N) is 1. The van der Waals surface area contributed by atoms with Crippen molar-refractivity contribution in [2.24, 2.45) is 5.92 Å². The summed E-state index contributed by atoms with van der Waals surface area (Å²) in [5.41, 5.74) is 0.963. The average Bonchev–Trinajstić information content (AvgIpc) is 2.45. The number of halogens is 1. The molecule has 0 saturated heterocycles. The van der Waals surface area contributed by atoms with Gasteiger partial charge < -0.3 is 10.2 Å². The summed E-state index contributed by atoms with van der Waals surface area (Å²) in [6.45, 7) is 6.80. The van der Waals surface area contributed by atoms with E-state index in [2.05, 4.69) is 19.2 Å². The molecule has 0 heterocycles. The molecule has 0 aliphatic heterocycles. The monoisotopic (exact) mass is 308 g/mol. The van der Waals surface area contributed by atoms with Crippen molar-refractivity contribution in [3.05, 3.63) is 35.6 Å². The minimum atomic E-state index is -0.268. The zero-order valence-corrected chi connectivity index (χ0v) is 13.6. The summed E-state index contributed by atoms with van der Waals surface area (Å²) in [5.74, 6) is -0.0335. The van der Waals surface area contributed by atoms with E-state index in [1.807, 2.05) is 0 Å². The van der Waals surface area contributed by atoms with Crippen molar-refractivity contribution in [2.45, 2.75) is 33.6 Å². The third kappa shape index (κ3) is 7.20. The quantitative estimate of drug-likeness (QED) is 0.801. The number of nitrogens with zero attached hydrogens (tertiary/aromatic N) is 1. The van der Waals surface area contributed by atoms with Gasteiger partial charge in [0.2, 0.25) is 11.8 Å². The Hall–Kier alpha value is -1.91. The fraction of sp³-hybridized carbons (Fsp3) is 0.529. The van der Waals surface area contributed by atoms with Crippen LogP contribution in [0.5, 0.6) is 0 Å². The van der Waals surface area contributed by atoms with E-state index < -0.39 is 0 Å². The largest absolute Gasteiger partial charge is 0.354 e. The summed E-state index contributed by atoms with van der Waals surface area (Å²) in [6, 6.07) is 6.21. The topological polar surface area (TPSA) is 49.4 Å². The molecule has 0 fully saturated rings. The summed E-state index contributed by atoms with van der Waals surface area (Å²) in [7, 11) is 0. The van der Waals surface area contributed by atoms with E-state index in [-0.39, 0.29) is 24.2 Å². The second kappa shape index (κ2) is 9.18. The van der Waals surface area contributed by atoms with Crippen LogP contribution >= 0.6 is 0 Å². The molecule has 0 unspecified atom stereocenters. The molecule has 4 nitrogen and oxygen atoms in total. The molecule has 0 radical (unpaired) electrons. The predicted octanol–water partition coefficient (Wildman–Crippen LogP) is 2.38. The van der Waals surface area contributed by atoms with Gasteiger partial charge in [-0.3, -0.25) is 9.59 Å². The fourth-order valence-electron chi connectivity index (χ4n) is 1.99. The highest BCUT2D eigenvalue weighted by molar-refractivity contribution is 5.83. The Kier molecular flexibility index (Phi) is 7.57. The van der Waals surface area contributed by atoms with Gasteiger partial charge >= 0.3 is 0 Å². The molecule has 22 heavy (non-hydrogen) atoms. The molecule has 1 aromatic carbocycles. The zero-order chi connectivity index (χ0) is 16.5. The molecule has 0 bridgehead atoms. The Morgan fingerprint density at radius 2 is 1.86 bits per heavy atom. The second-order valence-corrected chi connectivity index (χ2v) is 5.85. The molecule has 0 aromatic heterocycles. The van der Waals surface area contributed by atoms with Gasteiger partial charge in [0.1, 0.15) is 5.82 Å². The van der Waals surface area contributed by atoms with Gasteiger partial charge in [0.15, 0.2) is 0 Å². The first-order valence-corrected chi connectivity index (χ1v) is 7.65. The maximum Gasteiger partial charge on any atom is 0.239 e. The van der Waals surface area contributed by atoms with Crippen molar-refractivity contribution in [1.82, 2.24) is 10.2 Å². The Balaban J connectivity index is 2.34. The first-order valence-electron chi connectivity index (χ1n) is 7.65. The molecular formula is C17H25FN2O2. The molecule has 0 saturated carbocycles. The van der Waals surface area contributed by atoms with Gasteiger partial charge in [-0.2, -0.15) is 0 Å². The SMILES string of the molecule is CC(=O)N(CCC(C)C)CC(=O)NCCc1ccc(F)cc1. The molecule has 2 amide bonds. The van der Waals surface area contributed by atoms with E-state index in [4.69, 9.17) is 0 Å². The second-order valence-electron chi connectivity index (χ2n) is 5.85. The van der Waals surface area contributed by atoms with Crippen LogP contribution in [0.2, 0.25) is 0 Å². The van der Waals surface area contributed by atoms with E-state index in [0.29, 0.717) is 25.4 Å². The van der Waals surface area contributed by atoms with Crippen LogP contribution < -0.4 is 5.32 Å². The molecule has 1 aromatic rings. The van der Waals surface area contributed by atoms with E-state index in [9.17, 15) is 14.0 Å². The van der Waals surface area contributed by atoms with Crippen LogP contribution in [0.25, 0.3) is 0 Å². The summed E-state index contributed by atoms with van der Waals surface area (Å²) in [4.78, 5) is 25.0. The number of carbonyl (C=O) groups is 2. The van der Waals surface area contributed by atoms with E-state index in [1.54, 1.807) is 17.0 Å². The maximum absolute atomic E-state index is 12.8. The number of hydrogen-bond acceptors (Lipinski definition) is 2. The number of benzene rings is 1. The first-order chi connectivity index (χ1) is 10.4. The lowest BCUT2D eigenvalue weighted by molar-refractivity contribution is -0.134. The van der Waals surface area contributed by atoms with Crippen LogP contribution in [0.3, 0.4) is 0 Å². The van der Waals surface area contributed by atoms with Crippen molar-refractivity contribution < 1.29 is 14.0 Å². The van der Waals surface area contributed by atoms with Crippen LogP contribution in [-0.4, -0.2) is 36.3 Å². The van der Waals surface area contributed by atoms with Gasteiger partial charge in [-0.25, -0.2) is 4.39 Å². The molecule has 0 aliphatic carbocycles. The molecule has 0 aliphatic rings. The minimum Gasteiger partial charge on any atom is -0.354 e. The lowest BCUT2D eigenvalue weighted by Gasteiger charge is -2.21. The first kappa shape index (κ1) is 18.1. The standard InChI is InChI=1S/C17H25FN2O2/c1-13(2)9-11-20(14(3)21)12-17(22)19-10-8-15-4-6-16(18)7-5-15/h4-7,13H,8-12H2,1-3H3,(H,19,22). The Labute approximate surface area is 131 Å². The van der Waals surface area contributed by atoms with Crippen molar-refractivity contribution in [1.29, 1.82) is 0 Å². The van der Waals surface area contributed by atoms with Crippen LogP contribution in [0.1, 0.15) is 32.8 Å². The molecule has 1 N–H and O–H groups in total.